The lowest BCUT2D eigenvalue weighted by Gasteiger charge is -2.41. The van der Waals surface area contributed by atoms with Gasteiger partial charge >= 0.3 is 0 Å². The van der Waals surface area contributed by atoms with E-state index >= 15 is 0 Å². The van der Waals surface area contributed by atoms with E-state index in [0.717, 1.165) is 12.8 Å². The lowest BCUT2D eigenvalue weighted by molar-refractivity contribution is -0.131. The molecule has 1 aliphatic rings. The molecule has 0 bridgehead atoms. The lowest BCUT2D eigenvalue weighted by atomic mass is 9.76. The van der Waals surface area contributed by atoms with Crippen LogP contribution in [0.1, 0.15) is 51.9 Å². The van der Waals surface area contributed by atoms with Crippen molar-refractivity contribution in [3.05, 3.63) is 0 Å². The van der Waals surface area contributed by atoms with Gasteiger partial charge in [0.15, 0.2) is 5.78 Å². The first kappa shape index (κ1) is 13.3. The first-order valence-corrected chi connectivity index (χ1v) is 6.24. The molecule has 0 aromatic rings. The molecule has 0 aliphatic heterocycles. The Labute approximate surface area is 99.4 Å². The molecule has 0 atom stereocenters. The SMILES string of the molecule is CC#CCCC(=O)C1(N(C)C)CCCCC1. The molecular formula is C14H23NO. The molecule has 0 heterocycles. The predicted octanol–water partition coefficient (Wildman–Crippen LogP) is 2.62. The van der Waals surface area contributed by atoms with E-state index in [9.17, 15) is 4.79 Å². The zero-order valence-corrected chi connectivity index (χ0v) is 10.8. The number of Topliss-reactive ketones (excluding diaryl/α,β-unsaturated/α-hetero) is 1. The summed E-state index contributed by atoms with van der Waals surface area (Å²) in [6.45, 7) is 1.83. The molecule has 1 rings (SSSR count). The van der Waals surface area contributed by atoms with Gasteiger partial charge in [-0.3, -0.25) is 9.69 Å². The number of nitrogens with zero attached hydrogens (tertiary/aromatic N) is 1. The molecule has 0 spiro atoms. The minimum atomic E-state index is -0.187. The molecule has 1 fully saturated rings. The van der Waals surface area contributed by atoms with Crippen molar-refractivity contribution >= 4 is 5.78 Å². The van der Waals surface area contributed by atoms with Gasteiger partial charge in [0.1, 0.15) is 0 Å². The minimum Gasteiger partial charge on any atom is -0.298 e. The van der Waals surface area contributed by atoms with Crippen LogP contribution < -0.4 is 0 Å². The average molecular weight is 221 g/mol. The standard InChI is InChI=1S/C14H23NO/c1-4-5-7-10-13(16)14(15(2)3)11-8-6-9-12-14/h6-12H2,1-3H3. The van der Waals surface area contributed by atoms with Gasteiger partial charge in [-0.25, -0.2) is 0 Å². The summed E-state index contributed by atoms with van der Waals surface area (Å²) in [5.41, 5.74) is -0.187. The van der Waals surface area contributed by atoms with E-state index in [1.807, 2.05) is 21.0 Å². The Hall–Kier alpha value is -0.810. The van der Waals surface area contributed by atoms with Crippen LogP contribution in [0.5, 0.6) is 0 Å². The number of carbonyl (C=O) groups excluding carboxylic acids is 1. The van der Waals surface area contributed by atoms with Crippen molar-refractivity contribution in [3.63, 3.8) is 0 Å². The number of hydrogen-bond donors (Lipinski definition) is 0. The van der Waals surface area contributed by atoms with Crippen LogP contribution in [0.4, 0.5) is 0 Å². The van der Waals surface area contributed by atoms with Crippen LogP contribution in [0.15, 0.2) is 0 Å². The van der Waals surface area contributed by atoms with Gasteiger partial charge in [-0.05, 0) is 33.9 Å². The van der Waals surface area contributed by atoms with Crippen molar-refractivity contribution in [1.29, 1.82) is 0 Å². The van der Waals surface area contributed by atoms with Gasteiger partial charge in [0.25, 0.3) is 0 Å². The maximum absolute atomic E-state index is 12.3. The highest BCUT2D eigenvalue weighted by Gasteiger charge is 2.40. The summed E-state index contributed by atoms with van der Waals surface area (Å²) in [5.74, 6) is 6.23. The molecule has 16 heavy (non-hydrogen) atoms. The van der Waals surface area contributed by atoms with E-state index in [1.165, 1.54) is 19.3 Å². The maximum Gasteiger partial charge on any atom is 0.154 e. The van der Waals surface area contributed by atoms with Crippen LogP contribution in [0.25, 0.3) is 0 Å². The molecule has 0 unspecified atom stereocenters. The Kier molecular flexibility index (Phi) is 5.02. The van der Waals surface area contributed by atoms with E-state index in [-0.39, 0.29) is 5.54 Å². The highest BCUT2D eigenvalue weighted by molar-refractivity contribution is 5.88. The summed E-state index contributed by atoms with van der Waals surface area (Å²) < 4.78 is 0. The third-order valence-corrected chi connectivity index (χ3v) is 3.71. The number of rotatable bonds is 4. The summed E-state index contributed by atoms with van der Waals surface area (Å²) in [4.78, 5) is 14.5. The summed E-state index contributed by atoms with van der Waals surface area (Å²) in [6, 6.07) is 0. The van der Waals surface area contributed by atoms with Gasteiger partial charge in [0, 0.05) is 12.8 Å². The Morgan fingerprint density at radius 1 is 1.25 bits per heavy atom. The number of hydrogen-bond acceptors (Lipinski definition) is 2. The molecule has 0 radical (unpaired) electrons. The third kappa shape index (κ3) is 2.86. The highest BCUT2D eigenvalue weighted by atomic mass is 16.1. The zero-order valence-electron chi connectivity index (χ0n) is 10.8. The molecule has 1 saturated carbocycles. The monoisotopic (exact) mass is 221 g/mol. The summed E-state index contributed by atoms with van der Waals surface area (Å²) in [5, 5.41) is 0. The van der Waals surface area contributed by atoms with Crippen molar-refractivity contribution < 1.29 is 4.79 Å². The van der Waals surface area contributed by atoms with E-state index in [0.29, 0.717) is 18.6 Å². The summed E-state index contributed by atoms with van der Waals surface area (Å²) in [7, 11) is 4.07. The largest absolute Gasteiger partial charge is 0.298 e. The number of likely N-dealkylation sites (N-methyl/N-ethyl adjacent to an activating group) is 1. The highest BCUT2D eigenvalue weighted by Crippen LogP contribution is 2.34. The smallest absolute Gasteiger partial charge is 0.154 e. The molecule has 0 N–H and O–H groups in total. The zero-order chi connectivity index (χ0) is 12.0. The molecule has 0 amide bonds. The second kappa shape index (κ2) is 6.06. The summed E-state index contributed by atoms with van der Waals surface area (Å²) in [6.07, 6.45) is 7.02. The average Bonchev–Trinajstić information content (AvgIpc) is 2.30. The fraction of sp³-hybridized carbons (Fsp3) is 0.786. The van der Waals surface area contributed by atoms with Gasteiger partial charge in [-0.15, -0.1) is 11.8 Å². The Morgan fingerprint density at radius 2 is 1.88 bits per heavy atom. The van der Waals surface area contributed by atoms with Gasteiger partial charge in [-0.1, -0.05) is 19.3 Å². The Bertz CT molecular complexity index is 290. The van der Waals surface area contributed by atoms with Gasteiger partial charge in [-0.2, -0.15) is 0 Å². The first-order valence-electron chi connectivity index (χ1n) is 6.24. The second-order valence-corrected chi connectivity index (χ2v) is 4.84. The van der Waals surface area contributed by atoms with Crippen LogP contribution in [0, 0.1) is 11.8 Å². The molecule has 0 saturated heterocycles. The second-order valence-electron chi connectivity index (χ2n) is 4.84. The Balaban J connectivity index is 2.67. The molecule has 2 nitrogen and oxygen atoms in total. The molecule has 2 heteroatoms. The van der Waals surface area contributed by atoms with Crippen molar-refractivity contribution in [2.75, 3.05) is 14.1 Å². The third-order valence-electron chi connectivity index (χ3n) is 3.71. The molecule has 0 aromatic heterocycles. The van der Waals surface area contributed by atoms with Crippen molar-refractivity contribution in [1.82, 2.24) is 4.90 Å². The molecule has 90 valence electrons. The first-order chi connectivity index (χ1) is 7.63. The van der Waals surface area contributed by atoms with Crippen molar-refractivity contribution in [3.8, 4) is 11.8 Å². The molecule has 1 aliphatic carbocycles. The van der Waals surface area contributed by atoms with Gasteiger partial charge in [0.2, 0.25) is 0 Å². The van der Waals surface area contributed by atoms with E-state index < -0.39 is 0 Å². The van der Waals surface area contributed by atoms with E-state index in [1.54, 1.807) is 0 Å². The van der Waals surface area contributed by atoms with Crippen LogP contribution >= 0.6 is 0 Å². The van der Waals surface area contributed by atoms with Crippen LogP contribution in [-0.4, -0.2) is 30.3 Å². The predicted molar refractivity (Wildman–Crippen MR) is 67.2 cm³/mol. The topological polar surface area (TPSA) is 20.3 Å². The van der Waals surface area contributed by atoms with Crippen molar-refractivity contribution in [2.24, 2.45) is 0 Å². The van der Waals surface area contributed by atoms with E-state index in [4.69, 9.17) is 0 Å². The van der Waals surface area contributed by atoms with Crippen LogP contribution in [0.2, 0.25) is 0 Å². The van der Waals surface area contributed by atoms with Crippen LogP contribution in [-0.2, 0) is 4.79 Å². The van der Waals surface area contributed by atoms with Crippen molar-refractivity contribution in [2.45, 2.75) is 57.4 Å². The minimum absolute atomic E-state index is 0.187. The quantitative estimate of drug-likeness (QED) is 0.680. The van der Waals surface area contributed by atoms with Gasteiger partial charge in [0.05, 0.1) is 5.54 Å². The normalized spacial score (nSPS) is 19.0. The fourth-order valence-electron chi connectivity index (χ4n) is 2.65. The number of ketones is 1. The van der Waals surface area contributed by atoms with Crippen LogP contribution in [0.3, 0.4) is 0 Å². The van der Waals surface area contributed by atoms with Gasteiger partial charge < -0.3 is 0 Å². The molecular weight excluding hydrogens is 198 g/mol. The number of carbonyl (C=O) groups is 1. The van der Waals surface area contributed by atoms with E-state index in [2.05, 4.69) is 16.7 Å². The fourth-order valence-corrected chi connectivity index (χ4v) is 2.65. The maximum atomic E-state index is 12.3. The molecule has 0 aromatic carbocycles. The Morgan fingerprint density at radius 3 is 2.38 bits per heavy atom. The summed E-state index contributed by atoms with van der Waals surface area (Å²) >= 11 is 0. The lowest BCUT2D eigenvalue weighted by Crippen LogP contribution is -2.52.